The normalized spacial score (nSPS) is 11.9. The first-order valence-electron chi connectivity index (χ1n) is 7.34. The van der Waals surface area contributed by atoms with Gasteiger partial charge in [0.05, 0.1) is 5.92 Å². The fraction of sp³-hybridized carbons (Fsp3) is 0.278. The number of hydrogen-bond acceptors (Lipinski definition) is 2. The maximum atomic E-state index is 12.1. The first kappa shape index (κ1) is 15.1. The number of nitrogen functional groups attached to an aromatic ring is 1. The molecule has 3 nitrogen and oxygen atoms in total. The van der Waals surface area contributed by atoms with E-state index in [1.807, 2.05) is 49.4 Å². The highest BCUT2D eigenvalue weighted by molar-refractivity contribution is 5.83. The fourth-order valence-electron chi connectivity index (χ4n) is 2.28. The zero-order chi connectivity index (χ0) is 15.1. The topological polar surface area (TPSA) is 55.1 Å². The Morgan fingerprint density at radius 3 is 2.62 bits per heavy atom. The van der Waals surface area contributed by atoms with Crippen molar-refractivity contribution in [2.75, 3.05) is 12.3 Å². The van der Waals surface area contributed by atoms with Gasteiger partial charge in [0.15, 0.2) is 0 Å². The maximum absolute atomic E-state index is 12.1. The Bertz CT molecular complexity index is 581. The number of anilines is 1. The summed E-state index contributed by atoms with van der Waals surface area (Å²) < 4.78 is 0. The second kappa shape index (κ2) is 7.48. The molecule has 1 amide bonds. The Labute approximate surface area is 126 Å². The minimum Gasteiger partial charge on any atom is -0.399 e. The molecule has 0 aromatic heterocycles. The smallest absolute Gasteiger partial charge is 0.227 e. The summed E-state index contributed by atoms with van der Waals surface area (Å²) in [6.07, 6.45) is 1.92. The van der Waals surface area contributed by atoms with Crippen LogP contribution in [0.25, 0.3) is 0 Å². The van der Waals surface area contributed by atoms with Crippen molar-refractivity contribution in [2.45, 2.75) is 25.7 Å². The van der Waals surface area contributed by atoms with Gasteiger partial charge >= 0.3 is 0 Å². The van der Waals surface area contributed by atoms with Crippen LogP contribution in [-0.4, -0.2) is 12.5 Å². The van der Waals surface area contributed by atoms with Crippen LogP contribution in [0.5, 0.6) is 0 Å². The number of carbonyl (C=O) groups is 1. The second-order valence-corrected chi connectivity index (χ2v) is 5.27. The highest BCUT2D eigenvalue weighted by atomic mass is 16.1. The molecule has 0 spiro atoms. The third kappa shape index (κ3) is 4.63. The SMILES string of the molecule is CC(C(=O)NCCCc1ccccc1)c1cccc(N)c1. The van der Waals surface area contributed by atoms with Crippen LogP contribution in [-0.2, 0) is 11.2 Å². The summed E-state index contributed by atoms with van der Waals surface area (Å²) in [4.78, 5) is 12.1. The Kier molecular flexibility index (Phi) is 5.38. The molecule has 21 heavy (non-hydrogen) atoms. The predicted octanol–water partition coefficient (Wildman–Crippen LogP) is 3.12. The molecule has 0 aliphatic carbocycles. The van der Waals surface area contributed by atoms with Crippen molar-refractivity contribution in [3.8, 4) is 0 Å². The summed E-state index contributed by atoms with van der Waals surface area (Å²) in [5, 5.41) is 2.99. The van der Waals surface area contributed by atoms with E-state index in [0.29, 0.717) is 12.2 Å². The summed E-state index contributed by atoms with van der Waals surface area (Å²) in [5.74, 6) is -0.126. The zero-order valence-electron chi connectivity index (χ0n) is 12.4. The van der Waals surface area contributed by atoms with E-state index in [2.05, 4.69) is 17.4 Å². The van der Waals surface area contributed by atoms with Gasteiger partial charge in [-0.3, -0.25) is 4.79 Å². The zero-order valence-corrected chi connectivity index (χ0v) is 12.4. The molecule has 0 saturated heterocycles. The molecule has 2 aromatic rings. The monoisotopic (exact) mass is 282 g/mol. The van der Waals surface area contributed by atoms with Crippen LogP contribution < -0.4 is 11.1 Å². The van der Waals surface area contributed by atoms with Gasteiger partial charge in [0.2, 0.25) is 5.91 Å². The predicted molar refractivity (Wildman–Crippen MR) is 87.0 cm³/mol. The van der Waals surface area contributed by atoms with E-state index in [1.165, 1.54) is 5.56 Å². The first-order valence-corrected chi connectivity index (χ1v) is 7.34. The Morgan fingerprint density at radius 2 is 1.90 bits per heavy atom. The quantitative estimate of drug-likeness (QED) is 0.632. The third-order valence-corrected chi connectivity index (χ3v) is 3.59. The molecule has 3 heteroatoms. The van der Waals surface area contributed by atoms with Crippen molar-refractivity contribution in [2.24, 2.45) is 0 Å². The molecule has 0 bridgehead atoms. The minimum absolute atomic E-state index is 0.0497. The molecule has 3 N–H and O–H groups in total. The number of amides is 1. The van der Waals surface area contributed by atoms with Gasteiger partial charge in [0.25, 0.3) is 0 Å². The Morgan fingerprint density at radius 1 is 1.14 bits per heavy atom. The molecule has 0 heterocycles. The first-order chi connectivity index (χ1) is 10.2. The fourth-order valence-corrected chi connectivity index (χ4v) is 2.28. The van der Waals surface area contributed by atoms with E-state index in [0.717, 1.165) is 18.4 Å². The van der Waals surface area contributed by atoms with Gasteiger partial charge in [-0.25, -0.2) is 0 Å². The van der Waals surface area contributed by atoms with Crippen molar-refractivity contribution in [3.05, 3.63) is 65.7 Å². The van der Waals surface area contributed by atoms with Gasteiger partial charge < -0.3 is 11.1 Å². The minimum atomic E-state index is -0.176. The van der Waals surface area contributed by atoms with Crippen LogP contribution in [0, 0.1) is 0 Å². The summed E-state index contributed by atoms with van der Waals surface area (Å²) in [7, 11) is 0. The number of nitrogens with one attached hydrogen (secondary N) is 1. The van der Waals surface area contributed by atoms with E-state index >= 15 is 0 Å². The van der Waals surface area contributed by atoms with Gasteiger partial charge in [0, 0.05) is 12.2 Å². The molecule has 0 aliphatic heterocycles. The van der Waals surface area contributed by atoms with E-state index in [9.17, 15) is 4.79 Å². The number of carbonyl (C=O) groups excluding carboxylic acids is 1. The summed E-state index contributed by atoms with van der Waals surface area (Å²) in [5.41, 5.74) is 8.70. The van der Waals surface area contributed by atoms with Gasteiger partial charge in [-0.2, -0.15) is 0 Å². The number of aryl methyl sites for hydroxylation is 1. The highest BCUT2D eigenvalue weighted by Crippen LogP contribution is 2.17. The summed E-state index contributed by atoms with van der Waals surface area (Å²) in [6, 6.07) is 17.8. The van der Waals surface area contributed by atoms with Crippen LogP contribution in [0.15, 0.2) is 54.6 Å². The lowest BCUT2D eigenvalue weighted by atomic mass is 10.00. The van der Waals surface area contributed by atoms with Gasteiger partial charge in [-0.1, -0.05) is 42.5 Å². The van der Waals surface area contributed by atoms with Crippen molar-refractivity contribution >= 4 is 11.6 Å². The largest absolute Gasteiger partial charge is 0.399 e. The lowest BCUT2D eigenvalue weighted by Gasteiger charge is -2.13. The van der Waals surface area contributed by atoms with E-state index in [1.54, 1.807) is 0 Å². The molecule has 2 aromatic carbocycles. The van der Waals surface area contributed by atoms with Crippen LogP contribution >= 0.6 is 0 Å². The molecule has 0 aliphatic rings. The number of nitrogens with two attached hydrogens (primary N) is 1. The van der Waals surface area contributed by atoms with Gasteiger partial charge in [-0.15, -0.1) is 0 Å². The number of rotatable bonds is 6. The molecule has 0 radical (unpaired) electrons. The van der Waals surface area contributed by atoms with Crippen molar-refractivity contribution in [1.82, 2.24) is 5.32 Å². The van der Waals surface area contributed by atoms with Gasteiger partial charge in [0.1, 0.15) is 0 Å². The molecule has 110 valence electrons. The van der Waals surface area contributed by atoms with Gasteiger partial charge in [-0.05, 0) is 43.0 Å². The molecule has 1 atom stereocenters. The van der Waals surface area contributed by atoms with E-state index in [4.69, 9.17) is 5.73 Å². The van der Waals surface area contributed by atoms with E-state index in [-0.39, 0.29) is 11.8 Å². The van der Waals surface area contributed by atoms with Crippen LogP contribution in [0.2, 0.25) is 0 Å². The standard InChI is InChI=1S/C18H22N2O/c1-14(16-10-5-11-17(19)13-16)18(21)20-12-6-9-15-7-3-2-4-8-15/h2-5,7-8,10-11,13-14H,6,9,12,19H2,1H3,(H,20,21). The van der Waals surface area contributed by atoms with Crippen LogP contribution in [0.4, 0.5) is 5.69 Å². The summed E-state index contributed by atoms with van der Waals surface area (Å²) in [6.45, 7) is 2.60. The van der Waals surface area contributed by atoms with Crippen molar-refractivity contribution in [1.29, 1.82) is 0 Å². The Hall–Kier alpha value is -2.29. The van der Waals surface area contributed by atoms with Crippen molar-refractivity contribution in [3.63, 3.8) is 0 Å². The second-order valence-electron chi connectivity index (χ2n) is 5.27. The lowest BCUT2D eigenvalue weighted by molar-refractivity contribution is -0.122. The average Bonchev–Trinajstić information content (AvgIpc) is 2.51. The van der Waals surface area contributed by atoms with Crippen molar-refractivity contribution < 1.29 is 4.79 Å². The molecular formula is C18H22N2O. The molecule has 0 fully saturated rings. The lowest BCUT2D eigenvalue weighted by Crippen LogP contribution is -2.29. The molecular weight excluding hydrogens is 260 g/mol. The van der Waals surface area contributed by atoms with Crippen LogP contribution in [0.1, 0.15) is 30.4 Å². The third-order valence-electron chi connectivity index (χ3n) is 3.59. The molecule has 2 rings (SSSR count). The van der Waals surface area contributed by atoms with Crippen LogP contribution in [0.3, 0.4) is 0 Å². The summed E-state index contributed by atoms with van der Waals surface area (Å²) >= 11 is 0. The molecule has 0 saturated carbocycles. The Balaban J connectivity index is 1.77. The number of benzene rings is 2. The highest BCUT2D eigenvalue weighted by Gasteiger charge is 2.14. The van der Waals surface area contributed by atoms with E-state index < -0.39 is 0 Å². The average molecular weight is 282 g/mol. The molecule has 1 unspecified atom stereocenters. The maximum Gasteiger partial charge on any atom is 0.227 e. The number of hydrogen-bond donors (Lipinski definition) is 2.